The lowest BCUT2D eigenvalue weighted by molar-refractivity contribution is -0.904. The third-order valence-corrected chi connectivity index (χ3v) is 5.58. The molecule has 0 saturated carbocycles. The van der Waals surface area contributed by atoms with Crippen LogP contribution in [0.25, 0.3) is 0 Å². The van der Waals surface area contributed by atoms with Crippen LogP contribution < -0.4 is 28.9 Å². The Balaban J connectivity index is 0.00000364. The fourth-order valence-corrected chi connectivity index (χ4v) is 3.03. The molecule has 1 aromatic rings. The van der Waals surface area contributed by atoms with E-state index in [2.05, 4.69) is 67.2 Å². The Kier molecular flexibility index (Phi) is 12.6. The molecule has 0 fully saturated rings. The van der Waals surface area contributed by atoms with E-state index in [9.17, 15) is 0 Å². The first-order valence-corrected chi connectivity index (χ1v) is 9.64. The van der Waals surface area contributed by atoms with Crippen LogP contribution in [0.15, 0.2) is 46.9 Å². The van der Waals surface area contributed by atoms with Gasteiger partial charge in [0.1, 0.15) is 0 Å². The zero-order chi connectivity index (χ0) is 19.2. The van der Waals surface area contributed by atoms with Crippen molar-refractivity contribution < 1.29 is 28.5 Å². The minimum absolute atomic E-state index is 0. The summed E-state index contributed by atoms with van der Waals surface area (Å²) in [4.78, 5) is 6.51. The quantitative estimate of drug-likeness (QED) is 0.240. The molecule has 6 nitrogen and oxygen atoms in total. The highest BCUT2D eigenvalue weighted by molar-refractivity contribution is 14.0. The van der Waals surface area contributed by atoms with Crippen LogP contribution >= 0.6 is 24.0 Å². The molecule has 1 aliphatic rings. The number of azo groups is 1. The number of benzene rings is 1. The van der Waals surface area contributed by atoms with Crippen molar-refractivity contribution in [3.63, 3.8) is 0 Å². The predicted octanol–water partition coefficient (Wildman–Crippen LogP) is 1.34. The first-order chi connectivity index (χ1) is 12.4. The number of quaternary nitrogens is 1. The van der Waals surface area contributed by atoms with Gasteiger partial charge in [-0.25, -0.2) is 0 Å². The molecule has 160 valence electrons. The molecular formula is C20H36I2N6. The van der Waals surface area contributed by atoms with E-state index < -0.39 is 0 Å². The topological polar surface area (TPSA) is 34.4 Å². The van der Waals surface area contributed by atoms with E-state index in [0.717, 1.165) is 29.8 Å². The van der Waals surface area contributed by atoms with Crippen LogP contribution in [0.1, 0.15) is 20.8 Å². The molecule has 0 spiro atoms. The SMILES string of the molecule is CCN(CC[N+](C)(CC)CC)c1ccc(N=NC2N(C)C=CN2C)cc1.I.[I-]. The van der Waals surface area contributed by atoms with E-state index in [4.69, 9.17) is 0 Å². The third-order valence-electron chi connectivity index (χ3n) is 5.58. The summed E-state index contributed by atoms with van der Waals surface area (Å²) in [7, 11) is 6.35. The van der Waals surface area contributed by atoms with E-state index in [-0.39, 0.29) is 54.2 Å². The molecule has 0 N–H and O–H groups in total. The molecular weight excluding hydrogens is 578 g/mol. The van der Waals surface area contributed by atoms with Gasteiger partial charge in [-0.15, -0.1) is 29.1 Å². The van der Waals surface area contributed by atoms with Crippen molar-refractivity contribution >= 4 is 35.4 Å². The Morgan fingerprint density at radius 1 is 1.00 bits per heavy atom. The first-order valence-electron chi connectivity index (χ1n) is 9.64. The van der Waals surface area contributed by atoms with Crippen molar-refractivity contribution in [2.45, 2.75) is 27.1 Å². The van der Waals surface area contributed by atoms with E-state index in [0.29, 0.717) is 0 Å². The lowest BCUT2D eigenvalue weighted by Gasteiger charge is -2.35. The summed E-state index contributed by atoms with van der Waals surface area (Å²) in [5.74, 6) is 0. The van der Waals surface area contributed by atoms with E-state index >= 15 is 0 Å². The number of hydrogen-bond donors (Lipinski definition) is 0. The largest absolute Gasteiger partial charge is 1.00 e. The molecule has 28 heavy (non-hydrogen) atoms. The predicted molar refractivity (Wildman–Crippen MR) is 125 cm³/mol. The highest BCUT2D eigenvalue weighted by atomic mass is 127. The normalized spacial score (nSPS) is 14.4. The second kappa shape index (κ2) is 12.8. The number of hydrogen-bond acceptors (Lipinski definition) is 5. The third kappa shape index (κ3) is 7.33. The summed E-state index contributed by atoms with van der Waals surface area (Å²) in [6.45, 7) is 12.3. The number of anilines is 1. The van der Waals surface area contributed by atoms with Gasteiger partial charge in [0, 0.05) is 38.7 Å². The lowest BCUT2D eigenvalue weighted by Crippen LogP contribution is -3.00. The number of nitrogens with zero attached hydrogens (tertiary/aromatic N) is 6. The van der Waals surface area contributed by atoms with Crippen LogP contribution in [0.4, 0.5) is 11.4 Å². The van der Waals surface area contributed by atoms with Gasteiger partial charge >= 0.3 is 0 Å². The second-order valence-electron chi connectivity index (χ2n) is 7.26. The van der Waals surface area contributed by atoms with E-state index in [1.807, 2.05) is 36.3 Å². The zero-order valence-corrected chi connectivity index (χ0v) is 22.5. The molecule has 0 unspecified atom stereocenters. The van der Waals surface area contributed by atoms with Gasteiger partial charge in [0.25, 0.3) is 0 Å². The lowest BCUT2D eigenvalue weighted by atomic mass is 10.2. The first kappa shape index (κ1) is 27.4. The molecule has 2 rings (SSSR count). The molecule has 1 aromatic carbocycles. The van der Waals surface area contributed by atoms with Gasteiger partial charge in [0.2, 0.25) is 6.29 Å². The molecule has 0 amide bonds. The van der Waals surface area contributed by atoms with Crippen LogP contribution in [0, 0.1) is 0 Å². The molecule has 0 saturated heterocycles. The van der Waals surface area contributed by atoms with Crippen molar-refractivity contribution in [3.05, 3.63) is 36.7 Å². The fraction of sp³-hybridized carbons (Fsp3) is 0.600. The fourth-order valence-electron chi connectivity index (χ4n) is 3.03. The van der Waals surface area contributed by atoms with Gasteiger partial charge in [-0.1, -0.05) is 0 Å². The second-order valence-corrected chi connectivity index (χ2v) is 7.26. The number of rotatable bonds is 9. The van der Waals surface area contributed by atoms with Crippen LogP contribution in [-0.2, 0) is 0 Å². The Morgan fingerprint density at radius 3 is 2.00 bits per heavy atom. The minimum atomic E-state index is -0.0552. The van der Waals surface area contributed by atoms with Crippen molar-refractivity contribution in [2.24, 2.45) is 10.2 Å². The summed E-state index contributed by atoms with van der Waals surface area (Å²) < 4.78 is 1.11. The van der Waals surface area contributed by atoms with Gasteiger partial charge < -0.3 is 43.2 Å². The molecule has 0 bridgehead atoms. The minimum Gasteiger partial charge on any atom is -1.00 e. The monoisotopic (exact) mass is 614 g/mol. The van der Waals surface area contributed by atoms with E-state index in [1.165, 1.54) is 18.8 Å². The molecule has 0 atom stereocenters. The standard InChI is InChI=1S/C20H35N6.2HI/c1-7-25(16-17-26(6,8-2)9-3)19-12-10-18(11-13-19)21-22-20-23(4)14-15-24(20)5;;/h10-15,20H,7-9,16-17H2,1-6H3;2*1H/q+1;;/p-1. The maximum Gasteiger partial charge on any atom is 0.217 e. The summed E-state index contributed by atoms with van der Waals surface area (Å²) in [6, 6.07) is 8.41. The summed E-state index contributed by atoms with van der Waals surface area (Å²) in [5.41, 5.74) is 2.14. The average molecular weight is 614 g/mol. The smallest absolute Gasteiger partial charge is 0.217 e. The molecule has 0 aliphatic carbocycles. The molecule has 1 heterocycles. The molecule has 0 radical (unpaired) electrons. The Hall–Kier alpha value is -0.620. The number of likely N-dealkylation sites (N-methyl/N-ethyl adjacent to an activating group) is 2. The van der Waals surface area contributed by atoms with Gasteiger partial charge in [-0.05, 0) is 45.0 Å². The summed E-state index contributed by atoms with van der Waals surface area (Å²) in [5, 5.41) is 8.85. The summed E-state index contributed by atoms with van der Waals surface area (Å²) in [6.07, 6.45) is 3.95. The van der Waals surface area contributed by atoms with E-state index in [1.54, 1.807) is 0 Å². The summed E-state index contributed by atoms with van der Waals surface area (Å²) >= 11 is 0. The Morgan fingerprint density at radius 2 is 1.54 bits per heavy atom. The van der Waals surface area contributed by atoms with Crippen molar-refractivity contribution in [3.8, 4) is 0 Å². The van der Waals surface area contributed by atoms with Crippen LogP contribution in [0.2, 0.25) is 0 Å². The Labute approximate surface area is 205 Å². The maximum atomic E-state index is 4.44. The van der Waals surface area contributed by atoms with Gasteiger partial charge in [-0.3, -0.25) is 0 Å². The van der Waals surface area contributed by atoms with Crippen molar-refractivity contribution in [1.82, 2.24) is 9.80 Å². The van der Waals surface area contributed by atoms with Crippen molar-refractivity contribution in [1.29, 1.82) is 0 Å². The highest BCUT2D eigenvalue weighted by Gasteiger charge is 2.19. The van der Waals surface area contributed by atoms with Crippen LogP contribution in [0.5, 0.6) is 0 Å². The molecule has 8 heteroatoms. The molecule has 0 aromatic heterocycles. The van der Waals surface area contributed by atoms with Crippen LogP contribution in [-0.4, -0.2) is 74.4 Å². The van der Waals surface area contributed by atoms with Crippen LogP contribution in [0.3, 0.4) is 0 Å². The maximum absolute atomic E-state index is 4.44. The molecule has 1 aliphatic heterocycles. The number of halogens is 2. The zero-order valence-electron chi connectivity index (χ0n) is 18.0. The van der Waals surface area contributed by atoms with Gasteiger partial charge in [0.05, 0.1) is 38.9 Å². The highest BCUT2D eigenvalue weighted by Crippen LogP contribution is 2.22. The Bertz CT molecular complexity index is 604. The van der Waals surface area contributed by atoms with Gasteiger partial charge in [0.15, 0.2) is 0 Å². The van der Waals surface area contributed by atoms with Gasteiger partial charge in [-0.2, -0.15) is 5.11 Å². The van der Waals surface area contributed by atoms with Crippen molar-refractivity contribution in [2.75, 3.05) is 58.8 Å². The average Bonchev–Trinajstić information content (AvgIpc) is 2.99.